The van der Waals surface area contributed by atoms with Crippen LogP contribution in [0.5, 0.6) is 0 Å². The minimum atomic E-state index is 0.769. The van der Waals surface area contributed by atoms with E-state index in [4.69, 9.17) is 4.79 Å². The van der Waals surface area contributed by atoms with E-state index in [0.29, 0.717) is 0 Å². The van der Waals surface area contributed by atoms with Gasteiger partial charge in [-0.2, -0.15) is 0 Å². The quantitative estimate of drug-likeness (QED) is 0.511. The van der Waals surface area contributed by atoms with Gasteiger partial charge in [0, 0.05) is 19.1 Å². The number of nitrogens with one attached hydrogen (secondary N) is 1. The summed E-state index contributed by atoms with van der Waals surface area (Å²) in [6.07, 6.45) is 0. The zero-order chi connectivity index (χ0) is 7.28. The monoisotopic (exact) mass is 130 g/mol. The smallest absolute Gasteiger partial charge is 0.106 e. The molecular weight excluding hydrogens is 116 g/mol. The van der Waals surface area contributed by atoms with E-state index >= 15 is 0 Å². The van der Waals surface area contributed by atoms with Crippen molar-refractivity contribution >= 4 is 6.79 Å². The van der Waals surface area contributed by atoms with E-state index in [0.717, 1.165) is 6.04 Å². The molecule has 0 amide bonds. The third kappa shape index (κ3) is 2.58. The number of hydrogen-bond acceptors (Lipinski definition) is 3. The highest BCUT2D eigenvalue weighted by atomic mass is 16.1. The fraction of sp³-hybridized carbons (Fsp3) is 0.833. The predicted molar refractivity (Wildman–Crippen MR) is 37.5 cm³/mol. The van der Waals surface area contributed by atoms with Gasteiger partial charge in [-0.25, -0.2) is 0 Å². The van der Waals surface area contributed by atoms with Crippen molar-refractivity contribution in [3.8, 4) is 0 Å². The Balaban J connectivity index is 0.000000291. The number of likely N-dealkylation sites (tertiary alicyclic amines) is 1. The summed E-state index contributed by atoms with van der Waals surface area (Å²) < 4.78 is 0. The molecule has 0 spiro atoms. The Hall–Kier alpha value is -0.410. The van der Waals surface area contributed by atoms with E-state index in [9.17, 15) is 0 Å². The highest BCUT2D eigenvalue weighted by molar-refractivity contribution is 5.10. The van der Waals surface area contributed by atoms with Crippen molar-refractivity contribution in [3.63, 3.8) is 0 Å². The van der Waals surface area contributed by atoms with Crippen LogP contribution < -0.4 is 5.32 Å². The van der Waals surface area contributed by atoms with Gasteiger partial charge in [-0.1, -0.05) is 0 Å². The lowest BCUT2D eigenvalue weighted by molar-refractivity contribution is -0.0979. The molecule has 0 radical (unpaired) electrons. The Morgan fingerprint density at radius 1 is 1.56 bits per heavy atom. The largest absolute Gasteiger partial charge is 0.315 e. The number of hydrogen-bond donors (Lipinski definition) is 1. The Kier molecular flexibility index (Phi) is 4.26. The fourth-order valence-electron chi connectivity index (χ4n) is 0.882. The van der Waals surface area contributed by atoms with Gasteiger partial charge < -0.3 is 15.0 Å². The molecule has 0 aromatic carbocycles. The van der Waals surface area contributed by atoms with Crippen LogP contribution in [-0.2, 0) is 4.79 Å². The van der Waals surface area contributed by atoms with Crippen molar-refractivity contribution in [1.82, 2.24) is 10.2 Å². The third-order valence-electron chi connectivity index (χ3n) is 1.47. The second-order valence-corrected chi connectivity index (χ2v) is 2.21. The molecule has 1 rings (SSSR count). The Morgan fingerprint density at radius 2 is 2.00 bits per heavy atom. The summed E-state index contributed by atoms with van der Waals surface area (Å²) in [7, 11) is 4.14. The van der Waals surface area contributed by atoms with Crippen LogP contribution in [0.2, 0.25) is 0 Å². The second-order valence-electron chi connectivity index (χ2n) is 2.21. The Bertz CT molecular complexity index is 71.5. The van der Waals surface area contributed by atoms with Gasteiger partial charge in [-0.05, 0) is 14.1 Å². The summed E-state index contributed by atoms with van der Waals surface area (Å²) >= 11 is 0. The van der Waals surface area contributed by atoms with Gasteiger partial charge in [0.25, 0.3) is 0 Å². The molecule has 0 aromatic rings. The van der Waals surface area contributed by atoms with Crippen LogP contribution >= 0.6 is 0 Å². The molecule has 0 saturated carbocycles. The molecule has 1 aliphatic rings. The summed E-state index contributed by atoms with van der Waals surface area (Å²) in [4.78, 5) is 10.3. The molecule has 0 aromatic heterocycles. The average molecular weight is 130 g/mol. The average Bonchev–Trinajstić information content (AvgIpc) is 1.86. The van der Waals surface area contributed by atoms with E-state index in [2.05, 4.69) is 17.3 Å². The van der Waals surface area contributed by atoms with Crippen molar-refractivity contribution in [3.05, 3.63) is 0 Å². The Labute approximate surface area is 56.0 Å². The number of carbonyl (C=O) groups is 1. The van der Waals surface area contributed by atoms with Gasteiger partial charge in [0.2, 0.25) is 0 Å². The zero-order valence-electron chi connectivity index (χ0n) is 6.05. The van der Waals surface area contributed by atoms with E-state index < -0.39 is 0 Å². The molecule has 0 aliphatic carbocycles. The molecule has 9 heavy (non-hydrogen) atoms. The van der Waals surface area contributed by atoms with Crippen molar-refractivity contribution in [2.75, 3.05) is 27.2 Å². The normalized spacial score (nSPS) is 19.8. The first-order valence-electron chi connectivity index (χ1n) is 2.97. The van der Waals surface area contributed by atoms with Gasteiger partial charge in [0.05, 0.1) is 0 Å². The first-order chi connectivity index (χ1) is 4.33. The minimum Gasteiger partial charge on any atom is -0.315 e. The van der Waals surface area contributed by atoms with Gasteiger partial charge in [-0.15, -0.1) is 0 Å². The van der Waals surface area contributed by atoms with Crippen molar-refractivity contribution in [2.24, 2.45) is 0 Å². The van der Waals surface area contributed by atoms with Crippen molar-refractivity contribution in [2.45, 2.75) is 6.04 Å². The molecule has 3 heteroatoms. The van der Waals surface area contributed by atoms with Crippen LogP contribution in [0.4, 0.5) is 0 Å². The second kappa shape index (κ2) is 4.47. The SMILES string of the molecule is C=O.CNC1CN(C)C1. The van der Waals surface area contributed by atoms with E-state index in [1.807, 2.05) is 13.8 Å². The molecular formula is C6H14N2O. The highest BCUT2D eigenvalue weighted by Crippen LogP contribution is 2.00. The number of nitrogens with zero attached hydrogens (tertiary/aromatic N) is 1. The lowest BCUT2D eigenvalue weighted by atomic mass is 10.1. The van der Waals surface area contributed by atoms with Gasteiger partial charge >= 0.3 is 0 Å². The molecule has 1 saturated heterocycles. The third-order valence-corrected chi connectivity index (χ3v) is 1.47. The summed E-state index contributed by atoms with van der Waals surface area (Å²) in [5.41, 5.74) is 0. The van der Waals surface area contributed by atoms with Gasteiger partial charge in [0.1, 0.15) is 6.79 Å². The molecule has 1 N–H and O–H groups in total. The van der Waals surface area contributed by atoms with E-state index in [-0.39, 0.29) is 0 Å². The maximum absolute atomic E-state index is 8.00. The maximum Gasteiger partial charge on any atom is 0.106 e. The molecule has 1 fully saturated rings. The zero-order valence-corrected chi connectivity index (χ0v) is 6.05. The number of likely N-dealkylation sites (N-methyl/N-ethyl adjacent to an activating group) is 2. The first-order valence-corrected chi connectivity index (χ1v) is 2.97. The topological polar surface area (TPSA) is 32.3 Å². The lowest BCUT2D eigenvalue weighted by Gasteiger charge is -2.35. The molecule has 3 nitrogen and oxygen atoms in total. The summed E-state index contributed by atoms with van der Waals surface area (Å²) in [5.74, 6) is 0. The van der Waals surface area contributed by atoms with E-state index in [1.54, 1.807) is 0 Å². The fourth-order valence-corrected chi connectivity index (χ4v) is 0.882. The van der Waals surface area contributed by atoms with Crippen LogP contribution in [0.1, 0.15) is 0 Å². The van der Waals surface area contributed by atoms with Gasteiger partial charge in [-0.3, -0.25) is 0 Å². The van der Waals surface area contributed by atoms with Crippen LogP contribution in [-0.4, -0.2) is 44.9 Å². The summed E-state index contributed by atoms with van der Waals surface area (Å²) in [5, 5.41) is 3.19. The highest BCUT2D eigenvalue weighted by Gasteiger charge is 2.19. The molecule has 0 atom stereocenters. The molecule has 0 unspecified atom stereocenters. The molecule has 1 heterocycles. The number of carbonyl (C=O) groups excluding carboxylic acids is 1. The molecule has 1 aliphatic heterocycles. The standard InChI is InChI=1S/C5H12N2.CH2O/c1-6-5-3-7(2)4-5;1-2/h5-6H,3-4H2,1-2H3;1H2. The van der Waals surface area contributed by atoms with Crippen LogP contribution in [0, 0.1) is 0 Å². The number of rotatable bonds is 1. The summed E-state index contributed by atoms with van der Waals surface area (Å²) in [6, 6.07) is 0.769. The lowest BCUT2D eigenvalue weighted by Crippen LogP contribution is -2.54. The summed E-state index contributed by atoms with van der Waals surface area (Å²) in [6.45, 7) is 4.44. The Morgan fingerprint density at radius 3 is 2.11 bits per heavy atom. The van der Waals surface area contributed by atoms with Crippen LogP contribution in [0.25, 0.3) is 0 Å². The predicted octanol–water partition coefficient (Wildman–Crippen LogP) is -0.665. The first kappa shape index (κ1) is 8.59. The van der Waals surface area contributed by atoms with Crippen molar-refractivity contribution in [1.29, 1.82) is 0 Å². The van der Waals surface area contributed by atoms with Crippen molar-refractivity contribution < 1.29 is 4.79 Å². The maximum atomic E-state index is 8.00. The van der Waals surface area contributed by atoms with Gasteiger partial charge in [0.15, 0.2) is 0 Å². The molecule has 54 valence electrons. The molecule has 0 bridgehead atoms. The van der Waals surface area contributed by atoms with Crippen LogP contribution in [0.3, 0.4) is 0 Å². The van der Waals surface area contributed by atoms with Crippen LogP contribution in [0.15, 0.2) is 0 Å². The van der Waals surface area contributed by atoms with E-state index in [1.165, 1.54) is 13.1 Å². The minimum absolute atomic E-state index is 0.769.